The predicted octanol–water partition coefficient (Wildman–Crippen LogP) is 5.83. The number of hydrogen-bond acceptors (Lipinski definition) is 10. The molecule has 0 aliphatic rings. The summed E-state index contributed by atoms with van der Waals surface area (Å²) in [6.07, 6.45) is 4.27. The molecule has 0 aliphatic heterocycles. The minimum atomic E-state index is -0.826. The van der Waals surface area contributed by atoms with Crippen molar-refractivity contribution in [2.45, 2.75) is 91.8 Å². The van der Waals surface area contributed by atoms with E-state index in [0.29, 0.717) is 30.1 Å². The number of aromatic nitrogens is 3. The second kappa shape index (κ2) is 19.3. The maximum absolute atomic E-state index is 14.1. The molecule has 3 aromatic rings. The number of esters is 2. The Morgan fingerprint density at radius 3 is 2.29 bits per heavy atom. The summed E-state index contributed by atoms with van der Waals surface area (Å²) in [6.45, 7) is 11.0. The number of ketones is 1. The van der Waals surface area contributed by atoms with Gasteiger partial charge < -0.3 is 24.3 Å². The summed E-state index contributed by atoms with van der Waals surface area (Å²) in [5.74, 6) is -2.48. The number of nitrogens with zero attached hydrogens (tertiary/aromatic N) is 4. The number of benzene rings is 1. The molecular weight excluding hydrogens is 671 g/mol. The van der Waals surface area contributed by atoms with E-state index in [1.807, 2.05) is 58.0 Å². The van der Waals surface area contributed by atoms with Crippen LogP contribution in [0, 0.1) is 23.7 Å². The van der Waals surface area contributed by atoms with Gasteiger partial charge in [0.05, 0.1) is 13.0 Å². The Bertz CT molecular complexity index is 1620. The van der Waals surface area contributed by atoms with E-state index in [1.165, 1.54) is 25.4 Å². The predicted molar refractivity (Wildman–Crippen MR) is 195 cm³/mol. The molecule has 1 N–H and O–H groups in total. The fraction of sp³-hybridized carbons (Fsp3) is 0.553. The zero-order valence-corrected chi connectivity index (χ0v) is 32.1. The highest BCUT2D eigenvalue weighted by molar-refractivity contribution is 7.09. The lowest BCUT2D eigenvalue weighted by Crippen LogP contribution is -2.46. The van der Waals surface area contributed by atoms with Gasteiger partial charge in [-0.15, -0.1) is 11.3 Å². The smallest absolute Gasteiger partial charge is 0.308 e. The molecule has 2 amide bonds. The highest BCUT2D eigenvalue weighted by Crippen LogP contribution is 2.32. The van der Waals surface area contributed by atoms with Crippen LogP contribution in [0.15, 0.2) is 48.1 Å². The van der Waals surface area contributed by atoms with Crippen LogP contribution in [0.25, 0.3) is 0 Å². The molecule has 0 aliphatic carbocycles. The van der Waals surface area contributed by atoms with Crippen molar-refractivity contribution in [1.82, 2.24) is 24.8 Å². The van der Waals surface area contributed by atoms with E-state index in [2.05, 4.69) is 15.3 Å². The maximum Gasteiger partial charge on any atom is 0.308 e. The molecule has 51 heavy (non-hydrogen) atoms. The van der Waals surface area contributed by atoms with E-state index in [1.54, 1.807) is 48.3 Å². The lowest BCUT2D eigenvalue weighted by Gasteiger charge is -2.36. The standard InChI is InChI=1S/C38H53N5O7S/c1-10-24(4)29(20-32(45)34-39-16-17-42(34)7)37(47)43(8)31(23(2)3)21-33(50-26(6)44)36-41-30(22-51-36)35(46)40-28(18-25(5)38(48)49-9)19-27-14-12-11-13-15-27/h11-17,22-25,28-29,31,33H,10,18-21H2,1-9H3,(H,40,46)/t24-,25-,28+,29-,31+,33+/m0/s1. The number of rotatable bonds is 19. The van der Waals surface area contributed by atoms with Gasteiger partial charge in [0.2, 0.25) is 5.91 Å². The van der Waals surface area contributed by atoms with Crippen LogP contribution in [0.5, 0.6) is 0 Å². The largest absolute Gasteiger partial charge is 0.469 e. The summed E-state index contributed by atoms with van der Waals surface area (Å²) >= 11 is 1.20. The minimum Gasteiger partial charge on any atom is -0.469 e. The number of Topliss-reactive ketones (excluding diaryl/α,β-unsaturated/α-hetero) is 1. The fourth-order valence-electron chi connectivity index (χ4n) is 6.28. The molecule has 6 atom stereocenters. The number of carbonyl (C=O) groups is 5. The van der Waals surface area contributed by atoms with Crippen LogP contribution in [-0.4, -0.2) is 75.2 Å². The van der Waals surface area contributed by atoms with E-state index in [9.17, 15) is 24.0 Å². The quantitative estimate of drug-likeness (QED) is 0.119. The summed E-state index contributed by atoms with van der Waals surface area (Å²) in [5, 5.41) is 5.08. The summed E-state index contributed by atoms with van der Waals surface area (Å²) in [6, 6.07) is 8.91. The molecule has 0 fully saturated rings. The number of ether oxygens (including phenoxy) is 2. The summed E-state index contributed by atoms with van der Waals surface area (Å²) in [5.41, 5.74) is 1.16. The van der Waals surface area contributed by atoms with Gasteiger partial charge in [-0.3, -0.25) is 24.0 Å². The van der Waals surface area contributed by atoms with Crippen molar-refractivity contribution >= 4 is 40.9 Å². The van der Waals surface area contributed by atoms with Crippen LogP contribution >= 0.6 is 11.3 Å². The van der Waals surface area contributed by atoms with E-state index < -0.39 is 29.8 Å². The van der Waals surface area contributed by atoms with Crippen LogP contribution in [-0.2, 0) is 37.3 Å². The molecule has 278 valence electrons. The molecule has 0 unspecified atom stereocenters. The first-order chi connectivity index (χ1) is 24.2. The lowest BCUT2D eigenvalue weighted by molar-refractivity contribution is -0.149. The SMILES string of the molecule is CC[C@H](C)[C@H](CC(=O)c1nccn1C)C(=O)N(C)[C@H](C[C@@H](OC(C)=O)c1nc(C(=O)N[C@@H](Cc2ccccc2)C[C@H](C)C(=O)OC)cs1)C(C)C. The molecule has 12 nitrogen and oxygen atoms in total. The monoisotopic (exact) mass is 723 g/mol. The van der Waals surface area contributed by atoms with Gasteiger partial charge in [-0.05, 0) is 30.2 Å². The molecule has 0 spiro atoms. The van der Waals surface area contributed by atoms with Crippen LogP contribution in [0.1, 0.15) is 105 Å². The maximum atomic E-state index is 14.1. The molecule has 0 saturated heterocycles. The van der Waals surface area contributed by atoms with Crippen molar-refractivity contribution in [2.75, 3.05) is 14.2 Å². The minimum absolute atomic E-state index is 0.0237. The van der Waals surface area contributed by atoms with Crippen LogP contribution in [0.2, 0.25) is 0 Å². The Balaban J connectivity index is 1.83. The van der Waals surface area contributed by atoms with Crippen molar-refractivity contribution in [1.29, 1.82) is 0 Å². The normalized spacial score (nSPS) is 14.9. The highest BCUT2D eigenvalue weighted by Gasteiger charge is 2.36. The molecule has 0 radical (unpaired) electrons. The third kappa shape index (κ3) is 11.6. The number of thiazole rings is 1. The molecule has 1 aromatic carbocycles. The Labute approximate surface area is 305 Å². The second-order valence-corrected chi connectivity index (χ2v) is 14.6. The first-order valence-corrected chi connectivity index (χ1v) is 18.4. The van der Waals surface area contributed by atoms with Gasteiger partial charge >= 0.3 is 11.9 Å². The fourth-order valence-corrected chi connectivity index (χ4v) is 7.12. The van der Waals surface area contributed by atoms with Crippen molar-refractivity contribution in [3.8, 4) is 0 Å². The van der Waals surface area contributed by atoms with Gasteiger partial charge in [0.15, 0.2) is 17.7 Å². The van der Waals surface area contributed by atoms with Crippen molar-refractivity contribution in [2.24, 2.45) is 30.7 Å². The van der Waals surface area contributed by atoms with E-state index in [0.717, 1.165) is 5.56 Å². The lowest BCUT2D eigenvalue weighted by atomic mass is 9.85. The topological polar surface area (TPSA) is 150 Å². The van der Waals surface area contributed by atoms with E-state index >= 15 is 0 Å². The van der Waals surface area contributed by atoms with Crippen molar-refractivity contribution in [3.05, 3.63) is 70.2 Å². The zero-order chi connectivity index (χ0) is 37.8. The zero-order valence-electron chi connectivity index (χ0n) is 31.3. The van der Waals surface area contributed by atoms with Gasteiger partial charge in [0.25, 0.3) is 5.91 Å². The van der Waals surface area contributed by atoms with Crippen LogP contribution < -0.4 is 5.32 Å². The van der Waals surface area contributed by atoms with Crippen molar-refractivity contribution in [3.63, 3.8) is 0 Å². The van der Waals surface area contributed by atoms with E-state index in [4.69, 9.17) is 9.47 Å². The number of methoxy groups -OCH3 is 1. The Morgan fingerprint density at radius 1 is 1.04 bits per heavy atom. The number of carbonyl (C=O) groups excluding carboxylic acids is 5. The van der Waals surface area contributed by atoms with Gasteiger partial charge in [0.1, 0.15) is 10.7 Å². The molecular formula is C38H53N5O7S. The molecule has 0 bridgehead atoms. The molecule has 13 heteroatoms. The molecule has 3 rings (SSSR count). The van der Waals surface area contributed by atoms with Crippen LogP contribution in [0.4, 0.5) is 0 Å². The summed E-state index contributed by atoms with van der Waals surface area (Å²) < 4.78 is 12.3. The third-order valence-electron chi connectivity index (χ3n) is 9.43. The first kappa shape index (κ1) is 41.0. The molecule has 0 saturated carbocycles. The van der Waals surface area contributed by atoms with Crippen molar-refractivity contribution < 1.29 is 33.4 Å². The average molecular weight is 724 g/mol. The van der Waals surface area contributed by atoms with Gasteiger partial charge in [-0.2, -0.15) is 0 Å². The summed E-state index contributed by atoms with van der Waals surface area (Å²) in [4.78, 5) is 75.9. The third-order valence-corrected chi connectivity index (χ3v) is 10.4. The van der Waals surface area contributed by atoms with Gasteiger partial charge in [-0.1, -0.05) is 71.4 Å². The molecule has 2 aromatic heterocycles. The van der Waals surface area contributed by atoms with Crippen LogP contribution in [0.3, 0.4) is 0 Å². The number of hydrogen-bond donors (Lipinski definition) is 1. The Morgan fingerprint density at radius 2 is 1.73 bits per heavy atom. The first-order valence-electron chi connectivity index (χ1n) is 17.5. The van der Waals surface area contributed by atoms with Gasteiger partial charge in [-0.25, -0.2) is 9.97 Å². The van der Waals surface area contributed by atoms with E-state index in [-0.39, 0.29) is 60.1 Å². The average Bonchev–Trinajstić information content (AvgIpc) is 3.77. The van der Waals surface area contributed by atoms with Gasteiger partial charge in [0, 0.05) is 69.6 Å². The molecule has 2 heterocycles. The Hall–Kier alpha value is -4.39. The summed E-state index contributed by atoms with van der Waals surface area (Å²) in [7, 11) is 4.81. The number of amides is 2. The number of nitrogens with one attached hydrogen (secondary N) is 1. The Kier molecular flexibility index (Phi) is 15.5. The number of aryl methyl sites for hydroxylation is 1. The number of imidazole rings is 1. The highest BCUT2D eigenvalue weighted by atomic mass is 32.1. The second-order valence-electron chi connectivity index (χ2n) is 13.7.